The van der Waals surface area contributed by atoms with Gasteiger partial charge in [0.25, 0.3) is 11.5 Å². The second-order valence-corrected chi connectivity index (χ2v) is 8.20. The van der Waals surface area contributed by atoms with Gasteiger partial charge < -0.3 is 10.1 Å². The van der Waals surface area contributed by atoms with Crippen LogP contribution in [0, 0.1) is 0 Å². The van der Waals surface area contributed by atoms with Gasteiger partial charge in [0.15, 0.2) is 0 Å². The minimum atomic E-state index is -0.829. The van der Waals surface area contributed by atoms with Gasteiger partial charge in [-0.2, -0.15) is 0 Å². The van der Waals surface area contributed by atoms with Crippen molar-refractivity contribution >= 4 is 21.8 Å². The van der Waals surface area contributed by atoms with Gasteiger partial charge in [-0.3, -0.25) is 14.2 Å². The number of carbonyl (C=O) groups excluding carboxylic acids is 1. The van der Waals surface area contributed by atoms with Crippen LogP contribution in [0.4, 0.5) is 0 Å². The molecule has 8 nitrogen and oxygen atoms in total. The van der Waals surface area contributed by atoms with Gasteiger partial charge in [-0.05, 0) is 44.0 Å². The van der Waals surface area contributed by atoms with Crippen molar-refractivity contribution in [2.24, 2.45) is 0 Å². The normalized spacial score (nSPS) is 17.8. The fraction of sp³-hybridized carbons (Fsp3) is 0.286. The third-order valence-electron chi connectivity index (χ3n) is 5.20. The smallest absolute Gasteiger partial charge is 0.255 e. The number of carbonyl (C=O) groups is 1. The van der Waals surface area contributed by atoms with E-state index in [0.29, 0.717) is 41.5 Å². The highest BCUT2D eigenvalue weighted by molar-refractivity contribution is 9.10. The maximum Gasteiger partial charge on any atom is 0.255 e. The molecular formula is C21H20BrN5O3. The molecule has 1 N–H and O–H groups in total. The van der Waals surface area contributed by atoms with E-state index in [-0.39, 0.29) is 11.5 Å². The van der Waals surface area contributed by atoms with E-state index in [1.807, 2.05) is 13.0 Å². The fourth-order valence-electron chi connectivity index (χ4n) is 3.71. The Labute approximate surface area is 181 Å². The molecule has 30 heavy (non-hydrogen) atoms. The van der Waals surface area contributed by atoms with E-state index in [9.17, 15) is 9.59 Å². The number of nitrogens with one attached hydrogen (secondary N) is 1. The minimum absolute atomic E-state index is 0.172. The topological polar surface area (TPSA) is 99.0 Å². The number of aromatic nitrogens is 4. The van der Waals surface area contributed by atoms with Crippen LogP contribution in [0.15, 0.2) is 52.1 Å². The molecule has 1 aromatic carbocycles. The van der Waals surface area contributed by atoms with E-state index in [2.05, 4.69) is 31.2 Å². The number of hydrogen-bond donors (Lipinski definition) is 1. The zero-order chi connectivity index (χ0) is 21.3. The summed E-state index contributed by atoms with van der Waals surface area (Å²) in [5, 5.41) is 3.08. The second-order valence-electron chi connectivity index (χ2n) is 7.28. The zero-order valence-electron chi connectivity index (χ0n) is 16.6. The number of amides is 1. The maximum absolute atomic E-state index is 13.2. The summed E-state index contributed by atoms with van der Waals surface area (Å²) in [5.74, 6) is 0.679. The Kier molecular flexibility index (Phi) is 5.38. The summed E-state index contributed by atoms with van der Waals surface area (Å²) in [7, 11) is 1.52. The molecule has 1 atom stereocenters. The Morgan fingerprint density at radius 2 is 2.10 bits per heavy atom. The van der Waals surface area contributed by atoms with Gasteiger partial charge >= 0.3 is 0 Å². The molecule has 0 spiro atoms. The highest BCUT2D eigenvalue weighted by Crippen LogP contribution is 2.31. The van der Waals surface area contributed by atoms with E-state index in [1.54, 1.807) is 29.0 Å². The van der Waals surface area contributed by atoms with E-state index in [4.69, 9.17) is 9.72 Å². The molecular weight excluding hydrogens is 450 g/mol. The molecule has 1 unspecified atom stereocenters. The van der Waals surface area contributed by atoms with Crippen LogP contribution in [0.1, 0.15) is 35.9 Å². The quantitative estimate of drug-likeness (QED) is 0.630. The first-order valence-corrected chi connectivity index (χ1v) is 10.3. The Bertz CT molecular complexity index is 1170. The van der Waals surface area contributed by atoms with Gasteiger partial charge in [0.2, 0.25) is 0 Å². The first-order chi connectivity index (χ1) is 14.4. The Morgan fingerprint density at radius 3 is 2.83 bits per heavy atom. The molecule has 0 fully saturated rings. The van der Waals surface area contributed by atoms with Crippen LogP contribution in [0.2, 0.25) is 0 Å². The predicted molar refractivity (Wildman–Crippen MR) is 114 cm³/mol. The largest absolute Gasteiger partial charge is 0.496 e. The molecule has 3 heterocycles. The van der Waals surface area contributed by atoms with Crippen LogP contribution in [0.25, 0.3) is 11.4 Å². The highest BCUT2D eigenvalue weighted by atomic mass is 79.9. The molecule has 0 aliphatic carbocycles. The van der Waals surface area contributed by atoms with Gasteiger partial charge in [0.1, 0.15) is 17.9 Å². The zero-order valence-corrected chi connectivity index (χ0v) is 18.1. The van der Waals surface area contributed by atoms with Crippen LogP contribution < -0.4 is 15.6 Å². The van der Waals surface area contributed by atoms with E-state index >= 15 is 0 Å². The number of ether oxygens (including phenoxy) is 1. The lowest BCUT2D eigenvalue weighted by Gasteiger charge is -2.36. The van der Waals surface area contributed by atoms with Crippen molar-refractivity contribution < 1.29 is 9.53 Å². The predicted octanol–water partition coefficient (Wildman–Crippen LogP) is 2.91. The average Bonchev–Trinajstić information content (AvgIpc) is 2.75. The molecule has 1 amide bonds. The van der Waals surface area contributed by atoms with E-state index in [0.717, 1.165) is 10.9 Å². The first-order valence-electron chi connectivity index (χ1n) is 9.46. The van der Waals surface area contributed by atoms with Crippen LogP contribution in [0.3, 0.4) is 0 Å². The van der Waals surface area contributed by atoms with E-state index < -0.39 is 5.54 Å². The van der Waals surface area contributed by atoms with Gasteiger partial charge in [0.05, 0.1) is 29.6 Å². The number of fused-ring (bicyclic) bond motifs is 1. The molecule has 4 rings (SSSR count). The molecule has 0 saturated carbocycles. The number of hydrogen-bond acceptors (Lipinski definition) is 6. The summed E-state index contributed by atoms with van der Waals surface area (Å²) in [6.07, 6.45) is 4.40. The van der Waals surface area contributed by atoms with Gasteiger partial charge in [-0.1, -0.05) is 15.9 Å². The number of methoxy groups -OCH3 is 1. The van der Waals surface area contributed by atoms with Crippen LogP contribution in [0.5, 0.6) is 5.75 Å². The molecule has 9 heteroatoms. The van der Waals surface area contributed by atoms with Crippen molar-refractivity contribution in [3.05, 3.63) is 69.1 Å². The summed E-state index contributed by atoms with van der Waals surface area (Å²) in [6.45, 7) is 2.44. The van der Waals surface area contributed by atoms with Crippen molar-refractivity contribution in [3.63, 3.8) is 0 Å². The lowest BCUT2D eigenvalue weighted by molar-refractivity contribution is 0.0877. The van der Waals surface area contributed by atoms with Gasteiger partial charge in [0, 0.05) is 23.3 Å². The number of nitrogens with zero attached hydrogens (tertiary/aromatic N) is 4. The minimum Gasteiger partial charge on any atom is -0.496 e. The Balaban J connectivity index is 1.76. The molecule has 0 radical (unpaired) electrons. The highest BCUT2D eigenvalue weighted by Gasteiger charge is 2.37. The van der Waals surface area contributed by atoms with Crippen molar-refractivity contribution in [1.82, 2.24) is 24.8 Å². The van der Waals surface area contributed by atoms with Crippen molar-refractivity contribution in [2.75, 3.05) is 7.11 Å². The van der Waals surface area contributed by atoms with E-state index in [1.165, 1.54) is 19.5 Å². The third-order valence-corrected chi connectivity index (χ3v) is 5.69. The monoisotopic (exact) mass is 469 g/mol. The molecule has 2 aromatic heterocycles. The Hall–Kier alpha value is -3.07. The van der Waals surface area contributed by atoms with Gasteiger partial charge in [-0.15, -0.1) is 0 Å². The van der Waals surface area contributed by atoms with Crippen LogP contribution in [-0.4, -0.2) is 32.5 Å². The lowest BCUT2D eigenvalue weighted by atomic mass is 9.90. The molecule has 3 aromatic rings. The van der Waals surface area contributed by atoms with Crippen molar-refractivity contribution in [3.8, 4) is 17.1 Å². The second kappa shape index (κ2) is 7.98. The van der Waals surface area contributed by atoms with Crippen LogP contribution >= 0.6 is 15.9 Å². The standard InChI is InChI=1S/C21H20BrN5O3/c1-21(26-19(29)14-10-13(22)4-5-17(14)30-2)7-3-9-27-18(28)11-16(25-20(21)27)15-6-8-23-12-24-15/h4-6,8,10-12H,3,7,9H2,1-2H3,(H,26,29). The average molecular weight is 470 g/mol. The first kappa shape index (κ1) is 20.2. The van der Waals surface area contributed by atoms with Crippen molar-refractivity contribution in [2.45, 2.75) is 31.8 Å². The molecule has 1 aliphatic heterocycles. The number of rotatable bonds is 4. The summed E-state index contributed by atoms with van der Waals surface area (Å²) >= 11 is 3.40. The molecule has 1 aliphatic rings. The summed E-state index contributed by atoms with van der Waals surface area (Å²) < 4.78 is 7.73. The maximum atomic E-state index is 13.2. The number of benzene rings is 1. The Morgan fingerprint density at radius 1 is 1.27 bits per heavy atom. The van der Waals surface area contributed by atoms with Gasteiger partial charge in [-0.25, -0.2) is 15.0 Å². The molecule has 0 bridgehead atoms. The molecule has 0 saturated heterocycles. The third kappa shape index (κ3) is 3.72. The summed E-state index contributed by atoms with van der Waals surface area (Å²) in [6, 6.07) is 8.41. The number of halogens is 1. The summed E-state index contributed by atoms with van der Waals surface area (Å²) in [4.78, 5) is 38.8. The van der Waals surface area contributed by atoms with Crippen LogP contribution in [-0.2, 0) is 12.1 Å². The van der Waals surface area contributed by atoms with Crippen molar-refractivity contribution in [1.29, 1.82) is 0 Å². The SMILES string of the molecule is COc1ccc(Br)cc1C(=O)NC1(C)CCCn2c1nc(-c1ccncn1)cc2=O. The fourth-order valence-corrected chi connectivity index (χ4v) is 4.07. The lowest BCUT2D eigenvalue weighted by Crippen LogP contribution is -2.50. The summed E-state index contributed by atoms with van der Waals surface area (Å²) in [5.41, 5.74) is 0.410. The molecule has 154 valence electrons.